The van der Waals surface area contributed by atoms with Gasteiger partial charge in [-0.05, 0) is 74.5 Å². The number of hydrogen-bond acceptors (Lipinski definition) is 5. The van der Waals surface area contributed by atoms with Crippen LogP contribution in [0.1, 0.15) is 69.7 Å². The zero-order valence-corrected chi connectivity index (χ0v) is 19.5. The molecule has 0 aromatic heterocycles. The number of ether oxygens (including phenoxy) is 1. The van der Waals surface area contributed by atoms with E-state index >= 15 is 0 Å². The summed E-state index contributed by atoms with van der Waals surface area (Å²) in [6, 6.07) is 5.79. The van der Waals surface area contributed by atoms with Crippen LogP contribution in [0.25, 0.3) is 0 Å². The van der Waals surface area contributed by atoms with Crippen molar-refractivity contribution in [1.29, 1.82) is 0 Å². The Bertz CT molecular complexity index is 930. The van der Waals surface area contributed by atoms with E-state index in [-0.39, 0.29) is 17.0 Å². The lowest BCUT2D eigenvalue weighted by atomic mass is 9.53. The first-order chi connectivity index (χ1) is 15.5. The monoisotopic (exact) mass is 455 g/mol. The Morgan fingerprint density at radius 2 is 1.61 bits per heavy atom. The molecule has 3 N–H and O–H groups in total. The number of amides is 4. The maximum atomic E-state index is 12.5. The fourth-order valence-corrected chi connectivity index (χ4v) is 5.96. The molecule has 33 heavy (non-hydrogen) atoms. The molecular formula is C25H33N3O5. The molecule has 4 bridgehead atoms. The molecule has 4 aliphatic rings. The van der Waals surface area contributed by atoms with Gasteiger partial charge < -0.3 is 15.4 Å². The second-order valence-corrected chi connectivity index (χ2v) is 11.1. The van der Waals surface area contributed by atoms with Gasteiger partial charge in [-0.2, -0.15) is 0 Å². The first-order valence-electron chi connectivity index (χ1n) is 11.7. The molecule has 5 rings (SSSR count). The summed E-state index contributed by atoms with van der Waals surface area (Å²) in [5, 5.41) is 8.10. The average molecular weight is 456 g/mol. The standard InChI is InChI=1S/C25H33N3O5/c1-24(2,3)22(31)26-19-6-4-5-18(10-19)21(30)33-14-20(29)27-23(32)28-25-11-15-7-16(12-25)9-17(8-15)13-25/h4-6,10,15-17H,7-9,11-14H2,1-3H3,(H,26,31)(H2,27,28,29,32). The van der Waals surface area contributed by atoms with Gasteiger partial charge in [0.1, 0.15) is 0 Å². The van der Waals surface area contributed by atoms with Crippen molar-refractivity contribution in [3.63, 3.8) is 0 Å². The first kappa shape index (κ1) is 23.3. The summed E-state index contributed by atoms with van der Waals surface area (Å²) >= 11 is 0. The van der Waals surface area contributed by atoms with Crippen LogP contribution in [0.5, 0.6) is 0 Å². The first-order valence-corrected chi connectivity index (χ1v) is 11.7. The summed E-state index contributed by atoms with van der Waals surface area (Å²) in [5.74, 6) is 0.463. The molecule has 0 spiro atoms. The van der Waals surface area contributed by atoms with Crippen molar-refractivity contribution in [2.45, 2.75) is 64.8 Å². The maximum Gasteiger partial charge on any atom is 0.338 e. The van der Waals surface area contributed by atoms with E-state index in [1.807, 2.05) is 0 Å². The topological polar surface area (TPSA) is 114 Å². The fraction of sp³-hybridized carbons (Fsp3) is 0.600. The third-order valence-electron chi connectivity index (χ3n) is 7.04. The third-order valence-corrected chi connectivity index (χ3v) is 7.04. The highest BCUT2D eigenvalue weighted by Crippen LogP contribution is 2.55. The van der Waals surface area contributed by atoms with Crippen LogP contribution in [0.15, 0.2) is 24.3 Å². The van der Waals surface area contributed by atoms with E-state index in [0.717, 1.165) is 19.3 Å². The largest absolute Gasteiger partial charge is 0.452 e. The molecule has 8 nitrogen and oxygen atoms in total. The van der Waals surface area contributed by atoms with E-state index in [1.165, 1.54) is 31.4 Å². The Morgan fingerprint density at radius 3 is 2.18 bits per heavy atom. The van der Waals surface area contributed by atoms with Crippen LogP contribution in [-0.2, 0) is 14.3 Å². The molecule has 0 saturated heterocycles. The molecule has 0 unspecified atom stereocenters. The number of hydrogen-bond donors (Lipinski definition) is 3. The number of rotatable bonds is 5. The van der Waals surface area contributed by atoms with Crippen molar-refractivity contribution in [1.82, 2.24) is 10.6 Å². The average Bonchev–Trinajstić information content (AvgIpc) is 2.70. The highest BCUT2D eigenvalue weighted by atomic mass is 16.5. The summed E-state index contributed by atoms with van der Waals surface area (Å²) in [7, 11) is 0. The van der Waals surface area contributed by atoms with Crippen LogP contribution in [0, 0.1) is 23.2 Å². The molecule has 1 aromatic carbocycles. The number of urea groups is 1. The van der Waals surface area contributed by atoms with Crippen LogP contribution in [-0.4, -0.2) is 36.0 Å². The van der Waals surface area contributed by atoms with Crippen LogP contribution >= 0.6 is 0 Å². The second-order valence-electron chi connectivity index (χ2n) is 11.1. The number of nitrogens with one attached hydrogen (secondary N) is 3. The number of benzene rings is 1. The lowest BCUT2D eigenvalue weighted by molar-refractivity contribution is -0.123. The molecule has 4 saturated carbocycles. The maximum absolute atomic E-state index is 12.5. The molecule has 4 aliphatic carbocycles. The summed E-state index contributed by atoms with van der Waals surface area (Å²) in [4.78, 5) is 49.1. The molecule has 0 aliphatic heterocycles. The van der Waals surface area contributed by atoms with Crippen LogP contribution < -0.4 is 16.0 Å². The lowest BCUT2D eigenvalue weighted by Gasteiger charge is -2.56. The highest BCUT2D eigenvalue weighted by Gasteiger charge is 2.51. The Morgan fingerprint density at radius 1 is 1.00 bits per heavy atom. The van der Waals surface area contributed by atoms with Gasteiger partial charge in [0, 0.05) is 16.6 Å². The van der Waals surface area contributed by atoms with Crippen molar-refractivity contribution >= 4 is 29.5 Å². The molecule has 8 heteroatoms. The summed E-state index contributed by atoms with van der Waals surface area (Å²) < 4.78 is 5.07. The third kappa shape index (κ3) is 5.54. The van der Waals surface area contributed by atoms with Crippen molar-refractivity contribution in [2.75, 3.05) is 11.9 Å². The van der Waals surface area contributed by atoms with E-state index in [1.54, 1.807) is 32.9 Å². The van der Waals surface area contributed by atoms with Gasteiger partial charge in [-0.15, -0.1) is 0 Å². The van der Waals surface area contributed by atoms with Gasteiger partial charge in [0.15, 0.2) is 6.61 Å². The molecule has 4 amide bonds. The van der Waals surface area contributed by atoms with E-state index in [2.05, 4.69) is 16.0 Å². The minimum absolute atomic E-state index is 0.183. The number of anilines is 1. The summed E-state index contributed by atoms with van der Waals surface area (Å²) in [6.45, 7) is 4.81. The lowest BCUT2D eigenvalue weighted by Crippen LogP contribution is -2.62. The van der Waals surface area contributed by atoms with Crippen molar-refractivity contribution in [2.24, 2.45) is 23.2 Å². The minimum Gasteiger partial charge on any atom is -0.452 e. The molecule has 0 heterocycles. The van der Waals surface area contributed by atoms with Crippen molar-refractivity contribution in [3.8, 4) is 0 Å². The fourth-order valence-electron chi connectivity index (χ4n) is 5.96. The number of imide groups is 1. The quantitative estimate of drug-likeness (QED) is 0.587. The smallest absolute Gasteiger partial charge is 0.338 e. The van der Waals surface area contributed by atoms with Gasteiger partial charge in [0.25, 0.3) is 5.91 Å². The Balaban J connectivity index is 1.25. The molecular weight excluding hydrogens is 422 g/mol. The Kier molecular flexibility index (Phi) is 6.20. The number of carbonyl (C=O) groups excluding carboxylic acids is 4. The van der Waals surface area contributed by atoms with E-state index in [9.17, 15) is 19.2 Å². The van der Waals surface area contributed by atoms with Gasteiger partial charge in [0.2, 0.25) is 5.91 Å². The second kappa shape index (κ2) is 8.80. The molecule has 178 valence electrons. The van der Waals surface area contributed by atoms with Gasteiger partial charge in [-0.3, -0.25) is 14.9 Å². The minimum atomic E-state index is -0.710. The van der Waals surface area contributed by atoms with Crippen LogP contribution in [0.4, 0.5) is 10.5 Å². The summed E-state index contributed by atoms with van der Waals surface area (Å²) in [5.41, 5.74) is -0.115. The molecule has 4 fully saturated rings. The van der Waals surface area contributed by atoms with Crippen molar-refractivity contribution < 1.29 is 23.9 Å². The summed E-state index contributed by atoms with van der Waals surface area (Å²) in [6.07, 6.45) is 6.74. The van der Waals surface area contributed by atoms with E-state index in [0.29, 0.717) is 23.4 Å². The molecule has 1 aromatic rings. The van der Waals surface area contributed by atoms with Crippen molar-refractivity contribution in [3.05, 3.63) is 29.8 Å². The number of carbonyl (C=O) groups is 4. The van der Waals surface area contributed by atoms with E-state index < -0.39 is 29.9 Å². The van der Waals surface area contributed by atoms with Crippen LogP contribution in [0.3, 0.4) is 0 Å². The highest BCUT2D eigenvalue weighted by molar-refractivity contribution is 5.98. The van der Waals surface area contributed by atoms with Gasteiger partial charge in [-0.25, -0.2) is 9.59 Å². The van der Waals surface area contributed by atoms with Crippen LogP contribution in [0.2, 0.25) is 0 Å². The Hall–Kier alpha value is -2.90. The molecule has 0 radical (unpaired) electrons. The predicted molar refractivity (Wildman–Crippen MR) is 122 cm³/mol. The zero-order valence-electron chi connectivity index (χ0n) is 19.5. The predicted octanol–water partition coefficient (Wildman–Crippen LogP) is 3.62. The molecule has 0 atom stereocenters. The Labute approximate surface area is 194 Å². The zero-order chi connectivity index (χ0) is 23.8. The van der Waals surface area contributed by atoms with Gasteiger partial charge >= 0.3 is 12.0 Å². The normalized spacial score (nSPS) is 27.5. The SMILES string of the molecule is CC(C)(C)C(=O)Nc1cccc(C(=O)OCC(=O)NC(=O)NC23CC4CC(CC(C4)C2)C3)c1. The number of esters is 1. The van der Waals surface area contributed by atoms with E-state index in [4.69, 9.17) is 4.74 Å². The van der Waals surface area contributed by atoms with Gasteiger partial charge in [-0.1, -0.05) is 26.8 Å². The van der Waals surface area contributed by atoms with Gasteiger partial charge in [0.05, 0.1) is 5.56 Å².